The monoisotopic (exact) mass is 204 g/mol. The fraction of sp³-hybridized carbons (Fsp3) is 0.750. The van der Waals surface area contributed by atoms with Crippen LogP contribution in [0.5, 0.6) is 0 Å². The van der Waals surface area contributed by atoms with Crippen molar-refractivity contribution in [1.82, 2.24) is 0 Å². The third kappa shape index (κ3) is 8.63. The zero-order chi connectivity index (χ0) is 11.7. The molecule has 0 atom stereocenters. The first-order chi connectivity index (χ1) is 6.36. The minimum atomic E-state index is 0.144. The summed E-state index contributed by atoms with van der Waals surface area (Å²) in [5.74, 6) is 0.843. The van der Waals surface area contributed by atoms with Crippen molar-refractivity contribution in [1.29, 1.82) is 0 Å². The second kappa shape index (κ2) is 8.15. The van der Waals surface area contributed by atoms with Gasteiger partial charge in [0, 0.05) is 11.8 Å². The van der Waals surface area contributed by atoms with Crippen LogP contribution in [0.2, 0.25) is 0 Å². The highest BCUT2D eigenvalue weighted by molar-refractivity contribution is 5.81. The van der Waals surface area contributed by atoms with Gasteiger partial charge in [0.15, 0.2) is 0 Å². The summed E-state index contributed by atoms with van der Waals surface area (Å²) in [4.78, 5) is 0. The van der Waals surface area contributed by atoms with E-state index in [9.17, 15) is 0 Å². The average Bonchev–Trinajstić information content (AvgIpc) is 2.15. The highest BCUT2D eigenvalue weighted by Crippen LogP contribution is 1.88. The summed E-state index contributed by atoms with van der Waals surface area (Å²) < 4.78 is 0. The van der Waals surface area contributed by atoms with Crippen LogP contribution < -0.4 is 11.5 Å². The molecule has 0 aliphatic rings. The summed E-state index contributed by atoms with van der Waals surface area (Å²) in [6, 6.07) is 0. The minimum Gasteiger partial charge on any atom is -0.409 e. The van der Waals surface area contributed by atoms with Gasteiger partial charge in [0.05, 0.1) is 0 Å². The maximum absolute atomic E-state index is 7.97. The van der Waals surface area contributed by atoms with E-state index < -0.39 is 0 Å². The highest BCUT2D eigenvalue weighted by atomic mass is 16.4. The molecule has 6 N–H and O–H groups in total. The molecule has 84 valence electrons. The van der Waals surface area contributed by atoms with Crippen LogP contribution >= 0.6 is 0 Å². The number of nitrogens with two attached hydrogens (primary N) is 2. The first kappa shape index (κ1) is 15.0. The normalized spacial score (nSPS) is 12.7. The fourth-order valence-electron chi connectivity index (χ4n) is 0.231. The third-order valence-corrected chi connectivity index (χ3v) is 1.41. The van der Waals surface area contributed by atoms with E-state index in [-0.39, 0.29) is 23.5 Å². The lowest BCUT2D eigenvalue weighted by Gasteiger charge is -1.96. The molecule has 0 unspecified atom stereocenters. The van der Waals surface area contributed by atoms with Gasteiger partial charge in [-0.15, -0.1) is 0 Å². The van der Waals surface area contributed by atoms with E-state index in [1.165, 1.54) is 0 Å². The van der Waals surface area contributed by atoms with Gasteiger partial charge < -0.3 is 21.9 Å². The van der Waals surface area contributed by atoms with Gasteiger partial charge >= 0.3 is 0 Å². The van der Waals surface area contributed by atoms with Crippen molar-refractivity contribution in [2.24, 2.45) is 33.6 Å². The van der Waals surface area contributed by atoms with Gasteiger partial charge in [0.2, 0.25) is 0 Å². The van der Waals surface area contributed by atoms with Crippen LogP contribution in [0.1, 0.15) is 27.7 Å². The van der Waals surface area contributed by atoms with Crippen molar-refractivity contribution < 1.29 is 10.4 Å². The summed E-state index contributed by atoms with van der Waals surface area (Å²) in [7, 11) is 0. The molecule has 0 aromatic carbocycles. The van der Waals surface area contributed by atoms with Gasteiger partial charge in [-0.25, -0.2) is 0 Å². The Hall–Kier alpha value is -1.46. The number of hydrogen-bond donors (Lipinski definition) is 4. The Morgan fingerprint density at radius 1 is 0.857 bits per heavy atom. The smallest absolute Gasteiger partial charge is 0.141 e. The average molecular weight is 204 g/mol. The molecule has 6 nitrogen and oxygen atoms in total. The van der Waals surface area contributed by atoms with Gasteiger partial charge in [0.25, 0.3) is 0 Å². The molecule has 0 rings (SSSR count). The first-order valence-corrected chi connectivity index (χ1v) is 4.31. The topological polar surface area (TPSA) is 117 Å². The molecule has 6 heteroatoms. The van der Waals surface area contributed by atoms with Gasteiger partial charge in [-0.1, -0.05) is 38.0 Å². The molecule has 0 bridgehead atoms. The lowest BCUT2D eigenvalue weighted by atomic mass is 10.2. The molecule has 0 saturated carbocycles. The second-order valence-electron chi connectivity index (χ2n) is 3.36. The molecular weight excluding hydrogens is 184 g/mol. The van der Waals surface area contributed by atoms with Crippen LogP contribution in [0.3, 0.4) is 0 Å². The van der Waals surface area contributed by atoms with Crippen molar-refractivity contribution in [2.75, 3.05) is 0 Å². The summed E-state index contributed by atoms with van der Waals surface area (Å²) in [6.07, 6.45) is 0. The Balaban J connectivity index is 0. The van der Waals surface area contributed by atoms with Crippen LogP contribution in [0, 0.1) is 11.8 Å². The summed E-state index contributed by atoms with van der Waals surface area (Å²) in [6.45, 7) is 7.42. The molecule has 0 radical (unpaired) electrons. The number of hydrogen-bond acceptors (Lipinski definition) is 4. The van der Waals surface area contributed by atoms with Crippen molar-refractivity contribution in [3.05, 3.63) is 0 Å². The maximum atomic E-state index is 7.97. The zero-order valence-electron chi connectivity index (χ0n) is 9.10. The molecule has 0 amide bonds. The summed E-state index contributed by atoms with van der Waals surface area (Å²) in [5.41, 5.74) is 10.2. The van der Waals surface area contributed by atoms with Crippen LogP contribution in [0.4, 0.5) is 0 Å². The number of rotatable bonds is 2. The van der Waals surface area contributed by atoms with Crippen LogP contribution in [-0.2, 0) is 0 Å². The Bertz CT molecular complexity index is 178. The Labute approximate surface area is 84.3 Å². The van der Waals surface area contributed by atoms with Crippen molar-refractivity contribution in [3.63, 3.8) is 0 Å². The molecule has 0 spiro atoms. The largest absolute Gasteiger partial charge is 0.409 e. The van der Waals surface area contributed by atoms with Gasteiger partial charge in [-0.3, -0.25) is 0 Å². The van der Waals surface area contributed by atoms with E-state index in [1.54, 1.807) is 0 Å². The molecule has 0 aromatic rings. The highest BCUT2D eigenvalue weighted by Gasteiger charge is 1.96. The van der Waals surface area contributed by atoms with E-state index >= 15 is 0 Å². The lowest BCUT2D eigenvalue weighted by molar-refractivity contribution is 0.315. The minimum absolute atomic E-state index is 0.144. The van der Waals surface area contributed by atoms with Crippen LogP contribution in [0.25, 0.3) is 0 Å². The van der Waals surface area contributed by atoms with Crippen molar-refractivity contribution >= 4 is 11.7 Å². The first-order valence-electron chi connectivity index (χ1n) is 4.31. The van der Waals surface area contributed by atoms with Gasteiger partial charge in [-0.05, 0) is 0 Å². The second-order valence-corrected chi connectivity index (χ2v) is 3.36. The molecule has 0 aliphatic carbocycles. The van der Waals surface area contributed by atoms with Gasteiger partial charge in [0.1, 0.15) is 11.7 Å². The van der Waals surface area contributed by atoms with E-state index in [1.807, 2.05) is 27.7 Å². The van der Waals surface area contributed by atoms with E-state index in [4.69, 9.17) is 21.9 Å². The Morgan fingerprint density at radius 3 is 1.07 bits per heavy atom. The maximum Gasteiger partial charge on any atom is 0.141 e. The standard InChI is InChI=1S/2C4H10N2O/c2*1-3(2)4(5)6-7/h2*3,7H,1-2H3,(H2,5,6). The SMILES string of the molecule is CC(C)C(N)=NO.CC(C)C(N)=NO. The zero-order valence-corrected chi connectivity index (χ0v) is 9.10. The van der Waals surface area contributed by atoms with E-state index in [2.05, 4.69) is 10.3 Å². The molecule has 0 heterocycles. The molecule has 0 aromatic heterocycles. The predicted octanol–water partition coefficient (Wildman–Crippen LogP) is 0.778. The summed E-state index contributed by atoms with van der Waals surface area (Å²) in [5, 5.41) is 21.5. The van der Waals surface area contributed by atoms with Gasteiger partial charge in [-0.2, -0.15) is 0 Å². The third-order valence-electron chi connectivity index (χ3n) is 1.41. The van der Waals surface area contributed by atoms with Crippen molar-refractivity contribution in [2.45, 2.75) is 27.7 Å². The van der Waals surface area contributed by atoms with E-state index in [0.717, 1.165) is 0 Å². The molecular formula is C8H20N4O2. The number of nitrogens with zero attached hydrogens (tertiary/aromatic N) is 2. The predicted molar refractivity (Wildman–Crippen MR) is 56.5 cm³/mol. The Morgan fingerprint density at radius 2 is 1.07 bits per heavy atom. The molecule has 14 heavy (non-hydrogen) atoms. The fourth-order valence-corrected chi connectivity index (χ4v) is 0.231. The van der Waals surface area contributed by atoms with Crippen molar-refractivity contribution in [3.8, 4) is 0 Å². The van der Waals surface area contributed by atoms with Crippen LogP contribution in [-0.4, -0.2) is 22.1 Å². The molecule has 0 aliphatic heterocycles. The number of amidine groups is 2. The Kier molecular flexibility index (Phi) is 8.75. The number of oxime groups is 2. The quantitative estimate of drug-likeness (QED) is 0.230. The summed E-state index contributed by atoms with van der Waals surface area (Å²) >= 11 is 0. The van der Waals surface area contributed by atoms with E-state index in [0.29, 0.717) is 0 Å². The molecule has 0 fully saturated rings. The molecule has 0 saturated heterocycles. The lowest BCUT2D eigenvalue weighted by Crippen LogP contribution is -2.18. The van der Waals surface area contributed by atoms with Crippen LogP contribution in [0.15, 0.2) is 10.3 Å².